The van der Waals surface area contributed by atoms with Crippen molar-refractivity contribution in [2.45, 2.75) is 6.61 Å². The Morgan fingerprint density at radius 1 is 1.47 bits per heavy atom. The van der Waals surface area contributed by atoms with Gasteiger partial charge in [-0.25, -0.2) is 0 Å². The quantitative estimate of drug-likeness (QED) is 0.819. The van der Waals surface area contributed by atoms with E-state index in [2.05, 4.69) is 10.3 Å². The van der Waals surface area contributed by atoms with E-state index in [1.54, 1.807) is 17.9 Å². The number of aromatic nitrogens is 3. The smallest absolute Gasteiger partial charge is 0.134 e. The summed E-state index contributed by atoms with van der Waals surface area (Å²) in [4.78, 5) is 0.319. The van der Waals surface area contributed by atoms with Crippen molar-refractivity contribution in [1.29, 1.82) is 0 Å². The zero-order valence-electron chi connectivity index (χ0n) is 9.33. The number of thiocarbonyl (C=S) groups is 1. The molecule has 0 fully saturated rings. The van der Waals surface area contributed by atoms with E-state index in [1.165, 1.54) is 0 Å². The average molecular weight is 248 g/mol. The van der Waals surface area contributed by atoms with Crippen LogP contribution in [0.4, 0.5) is 0 Å². The first-order valence-electron chi connectivity index (χ1n) is 5.03. The molecule has 17 heavy (non-hydrogen) atoms. The molecule has 0 unspecified atom stereocenters. The molecular weight excluding hydrogens is 236 g/mol. The number of benzene rings is 1. The van der Waals surface area contributed by atoms with Gasteiger partial charge in [0.05, 0.1) is 11.8 Å². The van der Waals surface area contributed by atoms with Crippen LogP contribution in [-0.4, -0.2) is 20.0 Å². The van der Waals surface area contributed by atoms with Gasteiger partial charge in [-0.05, 0) is 12.1 Å². The lowest BCUT2D eigenvalue weighted by molar-refractivity contribution is 0.300. The second kappa shape index (κ2) is 4.92. The molecule has 0 saturated heterocycles. The molecule has 2 rings (SSSR count). The van der Waals surface area contributed by atoms with E-state index in [4.69, 9.17) is 22.7 Å². The highest BCUT2D eigenvalue weighted by Gasteiger charge is 2.06. The summed E-state index contributed by atoms with van der Waals surface area (Å²) in [5, 5.41) is 7.75. The second-order valence-electron chi connectivity index (χ2n) is 3.53. The Morgan fingerprint density at radius 2 is 2.24 bits per heavy atom. The van der Waals surface area contributed by atoms with E-state index >= 15 is 0 Å². The summed E-state index contributed by atoms with van der Waals surface area (Å²) < 4.78 is 7.24. The van der Waals surface area contributed by atoms with Gasteiger partial charge in [-0.15, -0.1) is 5.10 Å². The molecule has 5 nitrogen and oxygen atoms in total. The van der Waals surface area contributed by atoms with Crippen LogP contribution in [0.5, 0.6) is 5.75 Å². The monoisotopic (exact) mass is 248 g/mol. The van der Waals surface area contributed by atoms with Crippen LogP contribution in [-0.2, 0) is 13.7 Å². The SMILES string of the molecule is Cn1cc(COc2ccccc2C(N)=S)nn1. The van der Waals surface area contributed by atoms with Crippen LogP contribution in [0.3, 0.4) is 0 Å². The molecule has 6 heteroatoms. The molecule has 88 valence electrons. The Morgan fingerprint density at radius 3 is 2.88 bits per heavy atom. The molecule has 0 radical (unpaired) electrons. The largest absolute Gasteiger partial charge is 0.486 e. The maximum absolute atomic E-state index is 5.61. The van der Waals surface area contributed by atoms with Gasteiger partial charge in [0.25, 0.3) is 0 Å². The normalized spacial score (nSPS) is 10.2. The summed E-state index contributed by atoms with van der Waals surface area (Å²) in [7, 11) is 1.81. The molecule has 1 heterocycles. The van der Waals surface area contributed by atoms with Gasteiger partial charge in [0.1, 0.15) is 23.0 Å². The predicted octanol–water partition coefficient (Wildman–Crippen LogP) is 1.03. The lowest BCUT2D eigenvalue weighted by atomic mass is 10.2. The first-order valence-corrected chi connectivity index (χ1v) is 5.44. The number of para-hydroxylation sites is 1. The lowest BCUT2D eigenvalue weighted by Gasteiger charge is -2.08. The molecule has 0 spiro atoms. The Labute approximate surface area is 104 Å². The van der Waals surface area contributed by atoms with Crippen LogP contribution in [0.1, 0.15) is 11.3 Å². The molecule has 2 aromatic rings. The number of ether oxygens (including phenoxy) is 1. The molecule has 2 N–H and O–H groups in total. The number of rotatable bonds is 4. The van der Waals surface area contributed by atoms with Crippen molar-refractivity contribution in [1.82, 2.24) is 15.0 Å². The van der Waals surface area contributed by atoms with Gasteiger partial charge in [0.2, 0.25) is 0 Å². The minimum Gasteiger partial charge on any atom is -0.486 e. The van der Waals surface area contributed by atoms with Gasteiger partial charge in [0, 0.05) is 7.05 Å². The molecule has 1 aromatic heterocycles. The molecule has 1 aromatic carbocycles. The molecular formula is C11H12N4OS. The fourth-order valence-electron chi connectivity index (χ4n) is 1.41. The maximum atomic E-state index is 5.61. The standard InChI is InChI=1S/C11H12N4OS/c1-15-6-8(13-14-15)7-16-10-5-3-2-4-9(10)11(12)17/h2-6H,7H2,1H3,(H2,12,17). The zero-order valence-corrected chi connectivity index (χ0v) is 10.1. The van der Waals surface area contributed by atoms with E-state index in [1.807, 2.05) is 24.3 Å². The van der Waals surface area contributed by atoms with Crippen molar-refractivity contribution in [2.24, 2.45) is 12.8 Å². The third kappa shape index (κ3) is 2.79. The Balaban J connectivity index is 2.11. The van der Waals surface area contributed by atoms with E-state index in [0.717, 1.165) is 11.3 Å². The summed E-state index contributed by atoms with van der Waals surface area (Å²) in [6.07, 6.45) is 1.80. The second-order valence-corrected chi connectivity index (χ2v) is 3.97. The summed E-state index contributed by atoms with van der Waals surface area (Å²) in [5.41, 5.74) is 7.09. The first kappa shape index (κ1) is 11.5. The van der Waals surface area contributed by atoms with Gasteiger partial charge >= 0.3 is 0 Å². The number of hydrogen-bond acceptors (Lipinski definition) is 4. The number of nitrogens with zero attached hydrogens (tertiary/aromatic N) is 3. The van der Waals surface area contributed by atoms with Crippen LogP contribution in [0.25, 0.3) is 0 Å². The first-order chi connectivity index (χ1) is 8.16. The van der Waals surface area contributed by atoms with Crippen molar-refractivity contribution in [3.05, 3.63) is 41.7 Å². The van der Waals surface area contributed by atoms with Gasteiger partial charge in [-0.2, -0.15) is 0 Å². The Kier molecular flexibility index (Phi) is 3.34. The minimum atomic E-state index is 0.319. The molecule has 0 amide bonds. The van der Waals surface area contributed by atoms with Crippen molar-refractivity contribution < 1.29 is 4.74 Å². The molecule has 0 atom stereocenters. The topological polar surface area (TPSA) is 66.0 Å². The van der Waals surface area contributed by atoms with E-state index in [9.17, 15) is 0 Å². The van der Waals surface area contributed by atoms with E-state index in [0.29, 0.717) is 17.3 Å². The summed E-state index contributed by atoms with van der Waals surface area (Å²) in [5.74, 6) is 0.658. The van der Waals surface area contributed by atoms with Crippen LogP contribution in [0.2, 0.25) is 0 Å². The van der Waals surface area contributed by atoms with Crippen LogP contribution >= 0.6 is 12.2 Å². The van der Waals surface area contributed by atoms with Crippen LogP contribution in [0, 0.1) is 0 Å². The summed E-state index contributed by atoms with van der Waals surface area (Å²) in [6.45, 7) is 0.341. The molecule has 0 saturated carbocycles. The van der Waals surface area contributed by atoms with Crippen molar-refractivity contribution in [3.63, 3.8) is 0 Å². The zero-order chi connectivity index (χ0) is 12.3. The van der Waals surface area contributed by atoms with Crippen LogP contribution in [0.15, 0.2) is 30.5 Å². The van der Waals surface area contributed by atoms with Crippen molar-refractivity contribution >= 4 is 17.2 Å². The number of hydrogen-bond donors (Lipinski definition) is 1. The van der Waals surface area contributed by atoms with Gasteiger partial charge in [-0.1, -0.05) is 29.6 Å². The third-order valence-corrected chi connectivity index (χ3v) is 2.40. The highest BCUT2D eigenvalue weighted by molar-refractivity contribution is 7.80. The fourth-order valence-corrected chi connectivity index (χ4v) is 1.58. The molecule has 0 bridgehead atoms. The van der Waals surface area contributed by atoms with Crippen molar-refractivity contribution in [2.75, 3.05) is 0 Å². The van der Waals surface area contributed by atoms with Gasteiger partial charge in [-0.3, -0.25) is 4.68 Å². The highest BCUT2D eigenvalue weighted by atomic mass is 32.1. The fraction of sp³-hybridized carbons (Fsp3) is 0.182. The van der Waals surface area contributed by atoms with E-state index in [-0.39, 0.29) is 0 Å². The Bertz CT molecular complexity index is 538. The maximum Gasteiger partial charge on any atom is 0.134 e. The molecule has 0 aliphatic heterocycles. The predicted molar refractivity (Wildman–Crippen MR) is 67.7 cm³/mol. The molecule has 0 aliphatic carbocycles. The number of nitrogens with two attached hydrogens (primary N) is 1. The number of aryl methyl sites for hydroxylation is 1. The van der Waals surface area contributed by atoms with Crippen LogP contribution < -0.4 is 10.5 Å². The van der Waals surface area contributed by atoms with Crippen molar-refractivity contribution in [3.8, 4) is 5.75 Å². The lowest BCUT2D eigenvalue weighted by Crippen LogP contribution is -2.11. The summed E-state index contributed by atoms with van der Waals surface area (Å²) in [6, 6.07) is 7.39. The molecule has 0 aliphatic rings. The van der Waals surface area contributed by atoms with Gasteiger partial charge < -0.3 is 10.5 Å². The summed E-state index contributed by atoms with van der Waals surface area (Å²) >= 11 is 4.95. The Hall–Kier alpha value is -1.95. The van der Waals surface area contributed by atoms with E-state index < -0.39 is 0 Å². The minimum absolute atomic E-state index is 0.319. The highest BCUT2D eigenvalue weighted by Crippen LogP contribution is 2.18. The third-order valence-electron chi connectivity index (χ3n) is 2.18. The average Bonchev–Trinajstić information content (AvgIpc) is 2.73. The van der Waals surface area contributed by atoms with Gasteiger partial charge in [0.15, 0.2) is 0 Å².